The second-order valence-corrected chi connectivity index (χ2v) is 7.77. The number of piperazine rings is 1. The first-order valence-corrected chi connectivity index (χ1v) is 9.44. The first kappa shape index (κ1) is 18.8. The Hall–Kier alpha value is -1.96. The minimum absolute atomic E-state index is 0.0267. The Morgan fingerprint density at radius 1 is 1.38 bits per heavy atom. The van der Waals surface area contributed by atoms with Crippen molar-refractivity contribution in [1.82, 2.24) is 10.2 Å². The van der Waals surface area contributed by atoms with Crippen LogP contribution in [0.3, 0.4) is 0 Å². The van der Waals surface area contributed by atoms with Gasteiger partial charge in [0.1, 0.15) is 5.82 Å². The molecule has 1 saturated heterocycles. The standard InChI is InChI=1S/C18H19ClFN3O2S/c1-10-7-15(22-17(24)13-4-3-12(20)8-14(13)19)26-16(10)18(25)23-6-5-21-11(2)9-23/h3-4,7-8,11,21H,5-6,9H2,1-2H3,(H,22,24). The number of hydrogen-bond donors (Lipinski definition) is 2. The van der Waals surface area contributed by atoms with Crippen LogP contribution >= 0.6 is 22.9 Å². The predicted molar refractivity (Wildman–Crippen MR) is 102 cm³/mol. The maximum absolute atomic E-state index is 13.1. The van der Waals surface area contributed by atoms with Gasteiger partial charge in [-0.25, -0.2) is 4.39 Å². The summed E-state index contributed by atoms with van der Waals surface area (Å²) in [6.45, 7) is 5.97. The number of anilines is 1. The van der Waals surface area contributed by atoms with E-state index in [-0.39, 0.29) is 22.5 Å². The van der Waals surface area contributed by atoms with Gasteiger partial charge in [0.05, 0.1) is 20.5 Å². The first-order valence-electron chi connectivity index (χ1n) is 8.24. The van der Waals surface area contributed by atoms with E-state index in [9.17, 15) is 14.0 Å². The molecule has 0 aliphatic carbocycles. The van der Waals surface area contributed by atoms with Crippen molar-refractivity contribution in [3.8, 4) is 0 Å². The van der Waals surface area contributed by atoms with Crippen LogP contribution in [0.2, 0.25) is 5.02 Å². The number of benzene rings is 1. The summed E-state index contributed by atoms with van der Waals surface area (Å²) in [5, 5.41) is 6.64. The molecule has 26 heavy (non-hydrogen) atoms. The topological polar surface area (TPSA) is 61.4 Å². The number of aryl methyl sites for hydroxylation is 1. The lowest BCUT2D eigenvalue weighted by molar-refractivity contribution is 0.0713. The van der Waals surface area contributed by atoms with Crippen molar-refractivity contribution < 1.29 is 14.0 Å². The molecule has 1 aromatic heterocycles. The highest BCUT2D eigenvalue weighted by molar-refractivity contribution is 7.18. The van der Waals surface area contributed by atoms with Gasteiger partial charge in [-0.2, -0.15) is 0 Å². The normalized spacial score (nSPS) is 17.2. The molecule has 0 radical (unpaired) electrons. The van der Waals surface area contributed by atoms with Gasteiger partial charge < -0.3 is 15.5 Å². The molecule has 2 N–H and O–H groups in total. The molecule has 8 heteroatoms. The second-order valence-electron chi connectivity index (χ2n) is 6.31. The quantitative estimate of drug-likeness (QED) is 0.835. The molecule has 2 heterocycles. The highest BCUT2D eigenvalue weighted by Gasteiger charge is 2.25. The molecule has 5 nitrogen and oxygen atoms in total. The minimum Gasteiger partial charge on any atom is -0.335 e. The van der Waals surface area contributed by atoms with Gasteiger partial charge in [-0.3, -0.25) is 9.59 Å². The highest BCUT2D eigenvalue weighted by Crippen LogP contribution is 2.29. The van der Waals surface area contributed by atoms with E-state index in [0.29, 0.717) is 23.0 Å². The van der Waals surface area contributed by atoms with Gasteiger partial charge in [0.2, 0.25) is 0 Å². The lowest BCUT2D eigenvalue weighted by Gasteiger charge is -2.31. The number of hydrogen-bond acceptors (Lipinski definition) is 4. The van der Waals surface area contributed by atoms with Crippen molar-refractivity contribution >= 4 is 39.8 Å². The van der Waals surface area contributed by atoms with Crippen LogP contribution in [0.5, 0.6) is 0 Å². The van der Waals surface area contributed by atoms with Gasteiger partial charge in [0.15, 0.2) is 0 Å². The van der Waals surface area contributed by atoms with Crippen molar-refractivity contribution in [2.75, 3.05) is 25.0 Å². The number of halogens is 2. The molecule has 1 aliphatic heterocycles. The van der Waals surface area contributed by atoms with Gasteiger partial charge in [-0.1, -0.05) is 11.6 Å². The predicted octanol–water partition coefficient (Wildman–Crippen LogP) is 3.54. The molecule has 0 saturated carbocycles. The van der Waals surface area contributed by atoms with Gasteiger partial charge in [-0.15, -0.1) is 11.3 Å². The summed E-state index contributed by atoms with van der Waals surface area (Å²) in [7, 11) is 0. The van der Waals surface area contributed by atoms with Crippen LogP contribution in [-0.4, -0.2) is 42.4 Å². The Bertz CT molecular complexity index is 855. The van der Waals surface area contributed by atoms with Crippen molar-refractivity contribution in [2.45, 2.75) is 19.9 Å². The van der Waals surface area contributed by atoms with Crippen LogP contribution in [0, 0.1) is 12.7 Å². The number of carbonyl (C=O) groups is 2. The lowest BCUT2D eigenvalue weighted by Crippen LogP contribution is -2.51. The molecule has 1 atom stereocenters. The zero-order valence-electron chi connectivity index (χ0n) is 14.4. The summed E-state index contributed by atoms with van der Waals surface area (Å²) in [6, 6.07) is 5.63. The molecule has 2 amide bonds. The summed E-state index contributed by atoms with van der Waals surface area (Å²) in [5.41, 5.74) is 0.995. The number of carbonyl (C=O) groups excluding carboxylic acids is 2. The Balaban J connectivity index is 1.75. The maximum Gasteiger partial charge on any atom is 0.264 e. The smallest absolute Gasteiger partial charge is 0.264 e. The van der Waals surface area contributed by atoms with Crippen LogP contribution < -0.4 is 10.6 Å². The SMILES string of the molecule is Cc1cc(NC(=O)c2ccc(F)cc2Cl)sc1C(=O)N1CCNC(C)C1. The second kappa shape index (κ2) is 7.73. The first-order chi connectivity index (χ1) is 12.3. The van der Waals surface area contributed by atoms with Crippen molar-refractivity contribution in [3.05, 3.63) is 51.1 Å². The van der Waals surface area contributed by atoms with Crippen LogP contribution in [0.15, 0.2) is 24.3 Å². The molecule has 1 fully saturated rings. The van der Waals surface area contributed by atoms with Crippen molar-refractivity contribution in [2.24, 2.45) is 0 Å². The van der Waals surface area contributed by atoms with Gasteiger partial charge in [-0.05, 0) is 43.7 Å². The summed E-state index contributed by atoms with van der Waals surface area (Å²) in [6.07, 6.45) is 0. The maximum atomic E-state index is 13.1. The number of amides is 2. The molecule has 3 rings (SSSR count). The number of nitrogens with zero attached hydrogens (tertiary/aromatic N) is 1. The van der Waals surface area contributed by atoms with Gasteiger partial charge in [0, 0.05) is 25.7 Å². The molecule has 1 unspecified atom stereocenters. The average Bonchev–Trinajstić information content (AvgIpc) is 2.94. The number of thiophene rings is 1. The third kappa shape index (κ3) is 4.06. The summed E-state index contributed by atoms with van der Waals surface area (Å²) >= 11 is 7.16. The molecule has 138 valence electrons. The van der Waals surface area contributed by atoms with Crippen LogP contribution in [0.4, 0.5) is 9.39 Å². The van der Waals surface area contributed by atoms with Crippen molar-refractivity contribution in [3.63, 3.8) is 0 Å². The van der Waals surface area contributed by atoms with E-state index >= 15 is 0 Å². The Morgan fingerprint density at radius 2 is 2.15 bits per heavy atom. The fraction of sp³-hybridized carbons (Fsp3) is 0.333. The summed E-state index contributed by atoms with van der Waals surface area (Å²) < 4.78 is 13.1. The molecule has 0 spiro atoms. The van der Waals surface area contributed by atoms with E-state index in [1.165, 1.54) is 23.5 Å². The van der Waals surface area contributed by atoms with E-state index < -0.39 is 11.7 Å². The fourth-order valence-electron chi connectivity index (χ4n) is 2.87. The van der Waals surface area contributed by atoms with E-state index in [1.807, 2.05) is 18.7 Å². The molecule has 2 aromatic rings. The van der Waals surface area contributed by atoms with Crippen LogP contribution in [-0.2, 0) is 0 Å². The monoisotopic (exact) mass is 395 g/mol. The molecule has 1 aliphatic rings. The zero-order chi connectivity index (χ0) is 18.8. The Kier molecular flexibility index (Phi) is 5.60. The largest absolute Gasteiger partial charge is 0.335 e. The van der Waals surface area contributed by atoms with Crippen LogP contribution in [0.25, 0.3) is 0 Å². The third-order valence-electron chi connectivity index (χ3n) is 4.18. The molecular formula is C18H19ClFN3O2S. The Morgan fingerprint density at radius 3 is 2.85 bits per heavy atom. The molecule has 1 aromatic carbocycles. The lowest BCUT2D eigenvalue weighted by atomic mass is 10.2. The van der Waals surface area contributed by atoms with E-state index in [1.54, 1.807) is 6.07 Å². The fourth-order valence-corrected chi connectivity index (χ4v) is 4.16. The third-order valence-corrected chi connectivity index (χ3v) is 5.63. The zero-order valence-corrected chi connectivity index (χ0v) is 16.0. The average molecular weight is 396 g/mol. The van der Waals surface area contributed by atoms with E-state index in [0.717, 1.165) is 18.2 Å². The van der Waals surface area contributed by atoms with Gasteiger partial charge in [0.25, 0.3) is 11.8 Å². The number of nitrogens with one attached hydrogen (secondary N) is 2. The summed E-state index contributed by atoms with van der Waals surface area (Å²) in [5.74, 6) is -0.969. The minimum atomic E-state index is -0.503. The van der Waals surface area contributed by atoms with E-state index in [4.69, 9.17) is 11.6 Å². The Labute approximate surface area is 160 Å². The number of rotatable bonds is 3. The van der Waals surface area contributed by atoms with E-state index in [2.05, 4.69) is 10.6 Å². The van der Waals surface area contributed by atoms with Gasteiger partial charge >= 0.3 is 0 Å². The van der Waals surface area contributed by atoms with Crippen LogP contribution in [0.1, 0.15) is 32.5 Å². The highest BCUT2D eigenvalue weighted by atomic mass is 35.5. The summed E-state index contributed by atoms with van der Waals surface area (Å²) in [4.78, 5) is 27.6. The van der Waals surface area contributed by atoms with Crippen molar-refractivity contribution in [1.29, 1.82) is 0 Å². The molecular weight excluding hydrogens is 377 g/mol. The molecule has 0 bridgehead atoms.